The molecule has 1 heterocycles. The molecule has 13 heavy (non-hydrogen) atoms. The Hall–Kier alpha value is -1.12. The fourth-order valence-electron chi connectivity index (χ4n) is 1.02. The van der Waals surface area contributed by atoms with Crippen LogP contribution in [0.5, 0.6) is 6.01 Å². The summed E-state index contributed by atoms with van der Waals surface area (Å²) in [5, 5.41) is 0. The van der Waals surface area contributed by atoms with Gasteiger partial charge in [0.25, 0.3) is 0 Å². The lowest BCUT2D eigenvalue weighted by molar-refractivity contribution is 0.312. The third-order valence-electron chi connectivity index (χ3n) is 2.10. The minimum absolute atomic E-state index is 0.467. The van der Waals surface area contributed by atoms with Crippen molar-refractivity contribution in [2.45, 2.75) is 33.1 Å². The van der Waals surface area contributed by atoms with Crippen LogP contribution in [-0.2, 0) is 0 Å². The Bertz CT molecular complexity index is 246. The highest BCUT2D eigenvalue weighted by Crippen LogP contribution is 2.17. The van der Waals surface area contributed by atoms with E-state index in [9.17, 15) is 0 Å². The molecule has 0 spiro atoms. The molecule has 1 aromatic heterocycles. The maximum Gasteiger partial charge on any atom is 0.316 e. The van der Waals surface area contributed by atoms with Crippen LogP contribution in [0.1, 0.15) is 38.7 Å². The van der Waals surface area contributed by atoms with E-state index in [0.717, 1.165) is 6.42 Å². The standard InChI is InChI=1S/C10H16N2O/c1-4-8(3)9-6-11-10(12-7-9)13-5-2/h6-8H,4-5H2,1-3H3. The lowest BCUT2D eigenvalue weighted by Crippen LogP contribution is -1.99. The second-order valence-corrected chi connectivity index (χ2v) is 3.04. The topological polar surface area (TPSA) is 35.0 Å². The van der Waals surface area contributed by atoms with Crippen molar-refractivity contribution in [3.8, 4) is 6.01 Å². The van der Waals surface area contributed by atoms with Crippen LogP contribution in [0.15, 0.2) is 12.4 Å². The van der Waals surface area contributed by atoms with E-state index in [2.05, 4.69) is 23.8 Å². The van der Waals surface area contributed by atoms with Gasteiger partial charge in [-0.15, -0.1) is 0 Å². The number of nitrogens with zero attached hydrogens (tertiary/aromatic N) is 2. The van der Waals surface area contributed by atoms with Gasteiger partial charge in [-0.3, -0.25) is 0 Å². The van der Waals surface area contributed by atoms with E-state index in [-0.39, 0.29) is 0 Å². The zero-order valence-corrected chi connectivity index (χ0v) is 8.45. The van der Waals surface area contributed by atoms with Crippen LogP contribution in [-0.4, -0.2) is 16.6 Å². The molecule has 1 rings (SSSR count). The summed E-state index contributed by atoms with van der Waals surface area (Å²) in [6, 6.07) is 0.467. The van der Waals surface area contributed by atoms with Gasteiger partial charge in [-0.2, -0.15) is 0 Å². The van der Waals surface area contributed by atoms with E-state index in [0.29, 0.717) is 18.5 Å². The van der Waals surface area contributed by atoms with Crippen molar-refractivity contribution in [1.29, 1.82) is 0 Å². The molecule has 0 bridgehead atoms. The van der Waals surface area contributed by atoms with E-state index in [1.54, 1.807) is 0 Å². The van der Waals surface area contributed by atoms with Crippen molar-refractivity contribution in [2.75, 3.05) is 6.61 Å². The molecule has 3 heteroatoms. The minimum Gasteiger partial charge on any atom is -0.464 e. The van der Waals surface area contributed by atoms with Gasteiger partial charge in [-0.05, 0) is 24.8 Å². The summed E-state index contributed by atoms with van der Waals surface area (Å²) in [6.45, 7) is 6.86. The average molecular weight is 180 g/mol. The summed E-state index contributed by atoms with van der Waals surface area (Å²) in [5.41, 5.74) is 1.17. The van der Waals surface area contributed by atoms with Gasteiger partial charge >= 0.3 is 6.01 Å². The molecule has 1 aromatic rings. The molecule has 1 atom stereocenters. The fraction of sp³-hybridized carbons (Fsp3) is 0.600. The normalized spacial score (nSPS) is 12.5. The zero-order valence-electron chi connectivity index (χ0n) is 8.45. The van der Waals surface area contributed by atoms with E-state index in [1.807, 2.05) is 19.3 Å². The molecule has 0 amide bonds. The predicted molar refractivity (Wildman–Crippen MR) is 51.9 cm³/mol. The predicted octanol–water partition coefficient (Wildman–Crippen LogP) is 2.39. The second kappa shape index (κ2) is 4.80. The number of hydrogen-bond acceptors (Lipinski definition) is 3. The van der Waals surface area contributed by atoms with Crippen molar-refractivity contribution in [3.05, 3.63) is 18.0 Å². The average Bonchev–Trinajstić information content (AvgIpc) is 2.18. The highest BCUT2D eigenvalue weighted by atomic mass is 16.5. The third kappa shape index (κ3) is 2.68. The highest BCUT2D eigenvalue weighted by molar-refractivity contribution is 5.11. The molecule has 0 aromatic carbocycles. The van der Waals surface area contributed by atoms with Crippen molar-refractivity contribution >= 4 is 0 Å². The van der Waals surface area contributed by atoms with E-state index < -0.39 is 0 Å². The highest BCUT2D eigenvalue weighted by Gasteiger charge is 2.04. The smallest absolute Gasteiger partial charge is 0.316 e. The summed E-state index contributed by atoms with van der Waals surface area (Å²) >= 11 is 0. The molecule has 0 aliphatic carbocycles. The Morgan fingerprint density at radius 2 is 1.92 bits per heavy atom. The zero-order chi connectivity index (χ0) is 9.68. The SMILES string of the molecule is CCOc1ncc(C(C)CC)cn1. The fourth-order valence-corrected chi connectivity index (χ4v) is 1.02. The van der Waals surface area contributed by atoms with Gasteiger partial charge in [0.2, 0.25) is 0 Å². The molecular weight excluding hydrogens is 164 g/mol. The quantitative estimate of drug-likeness (QED) is 0.713. The van der Waals surface area contributed by atoms with Gasteiger partial charge in [-0.1, -0.05) is 13.8 Å². The van der Waals surface area contributed by atoms with Gasteiger partial charge in [0.1, 0.15) is 0 Å². The van der Waals surface area contributed by atoms with Gasteiger partial charge in [0.15, 0.2) is 0 Å². The number of hydrogen-bond donors (Lipinski definition) is 0. The monoisotopic (exact) mass is 180 g/mol. The summed E-state index contributed by atoms with van der Waals surface area (Å²) in [5.74, 6) is 0.524. The van der Waals surface area contributed by atoms with E-state index in [4.69, 9.17) is 4.74 Å². The number of aromatic nitrogens is 2. The molecule has 0 fully saturated rings. The summed E-state index contributed by atoms with van der Waals surface area (Å²) in [6.07, 6.45) is 4.79. The van der Waals surface area contributed by atoms with E-state index in [1.165, 1.54) is 5.56 Å². The molecule has 0 radical (unpaired) electrons. The van der Waals surface area contributed by atoms with Gasteiger partial charge < -0.3 is 4.74 Å². The first-order valence-corrected chi connectivity index (χ1v) is 4.72. The Balaban J connectivity index is 2.69. The molecule has 0 aliphatic rings. The maximum absolute atomic E-state index is 5.15. The first kappa shape index (κ1) is 9.96. The summed E-state index contributed by atoms with van der Waals surface area (Å²) < 4.78 is 5.15. The first-order valence-electron chi connectivity index (χ1n) is 4.72. The molecule has 0 aliphatic heterocycles. The van der Waals surface area contributed by atoms with Crippen LogP contribution < -0.4 is 4.74 Å². The summed E-state index contributed by atoms with van der Waals surface area (Å²) in [4.78, 5) is 8.21. The van der Waals surface area contributed by atoms with Gasteiger partial charge in [0.05, 0.1) is 6.61 Å². The Kier molecular flexibility index (Phi) is 3.68. The lowest BCUT2D eigenvalue weighted by atomic mass is 10.0. The minimum atomic E-state index is 0.467. The number of rotatable bonds is 4. The maximum atomic E-state index is 5.15. The summed E-state index contributed by atoms with van der Waals surface area (Å²) in [7, 11) is 0. The van der Waals surface area contributed by atoms with Crippen LogP contribution in [0.3, 0.4) is 0 Å². The molecular formula is C10H16N2O. The third-order valence-corrected chi connectivity index (χ3v) is 2.10. The second-order valence-electron chi connectivity index (χ2n) is 3.04. The Morgan fingerprint density at radius 1 is 1.31 bits per heavy atom. The van der Waals surface area contributed by atoms with Crippen LogP contribution >= 0.6 is 0 Å². The van der Waals surface area contributed by atoms with Crippen LogP contribution in [0.25, 0.3) is 0 Å². The Morgan fingerprint density at radius 3 is 2.38 bits per heavy atom. The first-order chi connectivity index (χ1) is 6.27. The van der Waals surface area contributed by atoms with Gasteiger partial charge in [-0.25, -0.2) is 9.97 Å². The van der Waals surface area contributed by atoms with Crippen molar-refractivity contribution in [3.63, 3.8) is 0 Å². The number of ether oxygens (including phenoxy) is 1. The molecule has 72 valence electrons. The van der Waals surface area contributed by atoms with Crippen molar-refractivity contribution < 1.29 is 4.74 Å². The lowest BCUT2D eigenvalue weighted by Gasteiger charge is -2.07. The van der Waals surface area contributed by atoms with Crippen molar-refractivity contribution in [2.24, 2.45) is 0 Å². The van der Waals surface area contributed by atoms with Crippen molar-refractivity contribution in [1.82, 2.24) is 9.97 Å². The molecule has 3 nitrogen and oxygen atoms in total. The molecule has 0 N–H and O–H groups in total. The molecule has 0 saturated heterocycles. The van der Waals surface area contributed by atoms with Gasteiger partial charge in [0, 0.05) is 12.4 Å². The molecule has 1 unspecified atom stereocenters. The van der Waals surface area contributed by atoms with Crippen LogP contribution in [0.4, 0.5) is 0 Å². The largest absolute Gasteiger partial charge is 0.464 e. The Labute approximate surface area is 79.2 Å². The molecule has 0 saturated carbocycles. The van der Waals surface area contributed by atoms with E-state index >= 15 is 0 Å². The van der Waals surface area contributed by atoms with Crippen LogP contribution in [0.2, 0.25) is 0 Å². The van der Waals surface area contributed by atoms with Crippen LogP contribution in [0, 0.1) is 0 Å².